The lowest BCUT2D eigenvalue weighted by Gasteiger charge is -2.14. The van der Waals surface area contributed by atoms with Gasteiger partial charge in [-0.2, -0.15) is 0 Å². The van der Waals surface area contributed by atoms with Crippen molar-refractivity contribution < 1.29 is 19.2 Å². The van der Waals surface area contributed by atoms with Gasteiger partial charge in [0.1, 0.15) is 11.8 Å². The van der Waals surface area contributed by atoms with Gasteiger partial charge >= 0.3 is 5.97 Å². The third kappa shape index (κ3) is 4.17. The van der Waals surface area contributed by atoms with Gasteiger partial charge in [0.15, 0.2) is 0 Å². The Morgan fingerprint density at radius 1 is 1.33 bits per heavy atom. The Morgan fingerprint density at radius 3 is 2.62 bits per heavy atom. The van der Waals surface area contributed by atoms with Crippen molar-refractivity contribution in [1.82, 2.24) is 10.5 Å². The molecule has 1 aromatic heterocycles. The number of carbonyl (C=O) groups excluding carboxylic acids is 1. The summed E-state index contributed by atoms with van der Waals surface area (Å²) in [6.07, 6.45) is 0.329. The zero-order valence-electron chi connectivity index (χ0n) is 13.8. The third-order valence-corrected chi connectivity index (χ3v) is 4.80. The fourth-order valence-electron chi connectivity index (χ4n) is 2.21. The van der Waals surface area contributed by atoms with E-state index < -0.39 is 12.0 Å². The van der Waals surface area contributed by atoms with E-state index in [-0.39, 0.29) is 5.91 Å². The number of benzene rings is 1. The molecule has 1 heterocycles. The van der Waals surface area contributed by atoms with E-state index in [1.54, 1.807) is 19.1 Å². The van der Waals surface area contributed by atoms with Crippen molar-refractivity contribution in [2.45, 2.75) is 43.9 Å². The number of nitrogens with one attached hydrogen (secondary N) is 1. The van der Waals surface area contributed by atoms with Crippen molar-refractivity contribution in [3.8, 4) is 0 Å². The normalized spacial score (nSPS) is 12.0. The second kappa shape index (κ2) is 8.01. The summed E-state index contributed by atoms with van der Waals surface area (Å²) in [5.41, 5.74) is 2.31. The summed E-state index contributed by atoms with van der Waals surface area (Å²) < 4.78 is 5.15. The van der Waals surface area contributed by atoms with E-state index in [4.69, 9.17) is 9.63 Å². The van der Waals surface area contributed by atoms with Crippen LogP contribution in [0.15, 0.2) is 33.7 Å². The van der Waals surface area contributed by atoms with E-state index >= 15 is 0 Å². The molecule has 2 aromatic rings. The number of hydrogen-bond donors (Lipinski definition) is 2. The minimum atomic E-state index is -1.04. The van der Waals surface area contributed by atoms with Crippen LogP contribution in [0.5, 0.6) is 0 Å². The maximum Gasteiger partial charge on any atom is 0.326 e. The van der Waals surface area contributed by atoms with Crippen LogP contribution in [-0.4, -0.2) is 28.2 Å². The molecule has 0 saturated heterocycles. The SMILES string of the molecule is CCC(NC(=O)c1ccccc1SCc1c(C)noc1C)C(=O)O. The zero-order valence-corrected chi connectivity index (χ0v) is 14.6. The molecule has 0 spiro atoms. The molecule has 0 radical (unpaired) electrons. The smallest absolute Gasteiger partial charge is 0.326 e. The number of thioether (sulfide) groups is 1. The molecule has 7 heteroatoms. The Labute approximate surface area is 144 Å². The summed E-state index contributed by atoms with van der Waals surface area (Å²) >= 11 is 1.50. The van der Waals surface area contributed by atoms with Crippen LogP contribution in [0.1, 0.15) is 40.7 Å². The highest BCUT2D eigenvalue weighted by Crippen LogP contribution is 2.28. The molecule has 1 unspecified atom stereocenters. The lowest BCUT2D eigenvalue weighted by Crippen LogP contribution is -2.40. The number of hydrogen-bond acceptors (Lipinski definition) is 5. The summed E-state index contributed by atoms with van der Waals surface area (Å²) in [5.74, 6) is -0.0293. The average molecular weight is 348 g/mol. The predicted octanol–water partition coefficient (Wildman–Crippen LogP) is 3.18. The van der Waals surface area contributed by atoms with Crippen molar-refractivity contribution in [2.75, 3.05) is 0 Å². The first-order valence-corrected chi connectivity index (χ1v) is 8.59. The first kappa shape index (κ1) is 18.1. The quantitative estimate of drug-likeness (QED) is 0.747. The van der Waals surface area contributed by atoms with Crippen LogP contribution in [0.25, 0.3) is 0 Å². The van der Waals surface area contributed by atoms with Gasteiger partial charge < -0.3 is 14.9 Å². The van der Waals surface area contributed by atoms with Crippen molar-refractivity contribution >= 4 is 23.6 Å². The molecule has 2 N–H and O–H groups in total. The second-order valence-corrected chi connectivity index (χ2v) is 6.38. The van der Waals surface area contributed by atoms with Crippen LogP contribution in [0, 0.1) is 13.8 Å². The van der Waals surface area contributed by atoms with Gasteiger partial charge in [0.25, 0.3) is 5.91 Å². The summed E-state index contributed by atoms with van der Waals surface area (Å²) in [5, 5.41) is 15.6. The summed E-state index contributed by atoms with van der Waals surface area (Å²) in [7, 11) is 0. The first-order chi connectivity index (χ1) is 11.4. The second-order valence-electron chi connectivity index (χ2n) is 5.36. The van der Waals surface area contributed by atoms with Crippen molar-refractivity contribution in [1.29, 1.82) is 0 Å². The molecule has 1 amide bonds. The van der Waals surface area contributed by atoms with E-state index in [1.807, 2.05) is 26.0 Å². The highest BCUT2D eigenvalue weighted by atomic mass is 32.2. The van der Waals surface area contributed by atoms with Gasteiger partial charge in [-0.1, -0.05) is 24.2 Å². The van der Waals surface area contributed by atoms with Crippen molar-refractivity contribution in [2.24, 2.45) is 0 Å². The van der Waals surface area contributed by atoms with Crippen LogP contribution in [0.2, 0.25) is 0 Å². The number of rotatable bonds is 7. The molecule has 0 saturated carbocycles. The number of carbonyl (C=O) groups is 2. The number of carboxylic acid groups (broad SMARTS) is 1. The largest absolute Gasteiger partial charge is 0.480 e. The van der Waals surface area contributed by atoms with Gasteiger partial charge in [0.2, 0.25) is 0 Å². The summed E-state index contributed by atoms with van der Waals surface area (Å²) in [4.78, 5) is 24.3. The van der Waals surface area contributed by atoms with E-state index in [1.165, 1.54) is 11.8 Å². The molecule has 0 aliphatic rings. The monoisotopic (exact) mass is 348 g/mol. The van der Waals surface area contributed by atoms with Gasteiger partial charge in [-0.25, -0.2) is 4.79 Å². The van der Waals surface area contributed by atoms with Crippen LogP contribution < -0.4 is 5.32 Å². The predicted molar refractivity (Wildman–Crippen MR) is 91.2 cm³/mol. The molecule has 0 bridgehead atoms. The molecule has 0 aliphatic carbocycles. The number of aryl methyl sites for hydroxylation is 2. The van der Waals surface area contributed by atoms with Gasteiger partial charge in [0.05, 0.1) is 11.3 Å². The molecule has 1 atom stereocenters. The number of aromatic nitrogens is 1. The fraction of sp³-hybridized carbons (Fsp3) is 0.353. The molecule has 6 nitrogen and oxygen atoms in total. The van der Waals surface area contributed by atoms with Gasteiger partial charge in [-0.3, -0.25) is 4.79 Å². The van der Waals surface area contributed by atoms with E-state index in [2.05, 4.69) is 10.5 Å². The van der Waals surface area contributed by atoms with E-state index in [9.17, 15) is 9.59 Å². The summed E-state index contributed by atoms with van der Waals surface area (Å²) in [6.45, 7) is 5.45. The number of carboxylic acids is 1. The van der Waals surface area contributed by atoms with Gasteiger partial charge in [-0.15, -0.1) is 11.8 Å². The lowest BCUT2D eigenvalue weighted by molar-refractivity contribution is -0.139. The number of nitrogens with zero attached hydrogens (tertiary/aromatic N) is 1. The maximum absolute atomic E-state index is 12.4. The minimum absolute atomic E-state index is 0.329. The van der Waals surface area contributed by atoms with Crippen LogP contribution >= 0.6 is 11.8 Å². The van der Waals surface area contributed by atoms with Gasteiger partial charge in [-0.05, 0) is 32.4 Å². The first-order valence-electron chi connectivity index (χ1n) is 7.61. The molecule has 128 valence electrons. The maximum atomic E-state index is 12.4. The lowest BCUT2D eigenvalue weighted by atomic mass is 10.1. The average Bonchev–Trinajstić information content (AvgIpc) is 2.88. The number of amides is 1. The van der Waals surface area contributed by atoms with Crippen molar-refractivity contribution in [3.63, 3.8) is 0 Å². The Bertz CT molecular complexity index is 722. The topological polar surface area (TPSA) is 92.4 Å². The van der Waals surface area contributed by atoms with E-state index in [0.29, 0.717) is 17.7 Å². The van der Waals surface area contributed by atoms with E-state index in [0.717, 1.165) is 21.9 Å². The molecule has 1 aromatic carbocycles. The minimum Gasteiger partial charge on any atom is -0.480 e. The number of aliphatic carboxylic acids is 1. The van der Waals surface area contributed by atoms with Crippen LogP contribution in [0.4, 0.5) is 0 Å². The molecule has 0 fully saturated rings. The Morgan fingerprint density at radius 2 is 2.04 bits per heavy atom. The third-order valence-electron chi connectivity index (χ3n) is 3.70. The standard InChI is InChI=1S/C17H20N2O4S/c1-4-14(17(21)22)18-16(20)12-7-5-6-8-15(12)24-9-13-10(2)19-23-11(13)3/h5-8,14H,4,9H2,1-3H3,(H,18,20)(H,21,22). The fourth-order valence-corrected chi connectivity index (χ4v) is 3.42. The highest BCUT2D eigenvalue weighted by molar-refractivity contribution is 7.98. The van der Waals surface area contributed by atoms with Crippen molar-refractivity contribution in [3.05, 3.63) is 46.8 Å². The molecule has 24 heavy (non-hydrogen) atoms. The summed E-state index contributed by atoms with van der Waals surface area (Å²) in [6, 6.07) is 6.26. The highest BCUT2D eigenvalue weighted by Gasteiger charge is 2.20. The Balaban J connectivity index is 2.15. The van der Waals surface area contributed by atoms with Gasteiger partial charge in [0, 0.05) is 16.2 Å². The molecule has 2 rings (SSSR count). The zero-order chi connectivity index (χ0) is 17.7. The molecule has 0 aliphatic heterocycles. The molecular formula is C17H20N2O4S. The van der Waals surface area contributed by atoms with Crippen LogP contribution in [-0.2, 0) is 10.5 Å². The van der Waals surface area contributed by atoms with Crippen LogP contribution in [0.3, 0.4) is 0 Å². The Kier molecular flexibility index (Phi) is 6.03. The Hall–Kier alpha value is -2.28. The molecular weight excluding hydrogens is 328 g/mol.